The molecule has 3 nitrogen and oxygen atoms in total. The number of anilines is 1. The number of rotatable bonds is 5. The topological polar surface area (TPSA) is 41.1 Å². The molecule has 0 aliphatic carbocycles. The molecule has 0 aromatic heterocycles. The Balaban J connectivity index is 1.98. The molecule has 0 bridgehead atoms. The first-order valence-electron chi connectivity index (χ1n) is 7.14. The van der Waals surface area contributed by atoms with Crippen molar-refractivity contribution in [3.8, 4) is 0 Å². The summed E-state index contributed by atoms with van der Waals surface area (Å²) < 4.78 is 26.7. The SMILES string of the molecule is C[C@@H](N[C@H](C)c1ccc(F)cc1F)C(=O)Nc1ccc(Cl)cc1. The highest BCUT2D eigenvalue weighted by Crippen LogP contribution is 2.19. The predicted molar refractivity (Wildman–Crippen MR) is 87.5 cm³/mol. The van der Waals surface area contributed by atoms with Crippen LogP contribution < -0.4 is 10.6 Å². The van der Waals surface area contributed by atoms with Gasteiger partial charge in [0.05, 0.1) is 6.04 Å². The van der Waals surface area contributed by atoms with Crippen LogP contribution in [0.4, 0.5) is 14.5 Å². The molecule has 0 unspecified atom stereocenters. The van der Waals surface area contributed by atoms with E-state index in [1.807, 2.05) is 0 Å². The summed E-state index contributed by atoms with van der Waals surface area (Å²) in [7, 11) is 0. The van der Waals surface area contributed by atoms with Gasteiger partial charge in [-0.2, -0.15) is 0 Å². The smallest absolute Gasteiger partial charge is 0.241 e. The van der Waals surface area contributed by atoms with E-state index in [0.717, 1.165) is 6.07 Å². The number of hydrogen-bond donors (Lipinski definition) is 2. The highest BCUT2D eigenvalue weighted by molar-refractivity contribution is 6.30. The van der Waals surface area contributed by atoms with Crippen LogP contribution in [0, 0.1) is 11.6 Å². The predicted octanol–water partition coefficient (Wildman–Crippen LogP) is 4.30. The molecular weight excluding hydrogens is 322 g/mol. The summed E-state index contributed by atoms with van der Waals surface area (Å²) in [6.45, 7) is 3.38. The molecule has 2 atom stereocenters. The first-order valence-corrected chi connectivity index (χ1v) is 7.52. The fraction of sp³-hybridized carbons (Fsp3) is 0.235. The van der Waals surface area contributed by atoms with Gasteiger partial charge in [-0.15, -0.1) is 0 Å². The lowest BCUT2D eigenvalue weighted by atomic mass is 10.1. The summed E-state index contributed by atoms with van der Waals surface area (Å²) in [5.74, 6) is -1.54. The fourth-order valence-electron chi connectivity index (χ4n) is 2.18. The van der Waals surface area contributed by atoms with E-state index < -0.39 is 23.7 Å². The van der Waals surface area contributed by atoms with Crippen LogP contribution in [0.1, 0.15) is 25.5 Å². The van der Waals surface area contributed by atoms with E-state index in [-0.39, 0.29) is 5.91 Å². The number of halogens is 3. The number of nitrogens with one attached hydrogen (secondary N) is 2. The quantitative estimate of drug-likeness (QED) is 0.853. The number of carbonyl (C=O) groups excluding carboxylic acids is 1. The normalized spacial score (nSPS) is 13.4. The molecule has 2 N–H and O–H groups in total. The highest BCUT2D eigenvalue weighted by atomic mass is 35.5. The first-order chi connectivity index (χ1) is 10.9. The average molecular weight is 339 g/mol. The van der Waals surface area contributed by atoms with Crippen molar-refractivity contribution in [1.29, 1.82) is 0 Å². The molecule has 6 heteroatoms. The van der Waals surface area contributed by atoms with Gasteiger partial charge in [0.2, 0.25) is 5.91 Å². The van der Waals surface area contributed by atoms with E-state index in [1.54, 1.807) is 38.1 Å². The van der Waals surface area contributed by atoms with Crippen LogP contribution in [-0.2, 0) is 4.79 Å². The standard InChI is InChI=1S/C17H17ClF2N2O/c1-10(15-8-5-13(19)9-16(15)20)21-11(2)17(23)22-14-6-3-12(18)4-7-14/h3-11,21H,1-2H3,(H,22,23)/t10-,11-/m1/s1. The maximum atomic E-state index is 13.7. The Labute approximate surface area is 138 Å². The van der Waals surface area contributed by atoms with Gasteiger partial charge < -0.3 is 5.32 Å². The van der Waals surface area contributed by atoms with E-state index in [9.17, 15) is 13.6 Å². The molecule has 0 aliphatic rings. The maximum absolute atomic E-state index is 13.7. The van der Waals surface area contributed by atoms with Crippen LogP contribution in [0.2, 0.25) is 5.02 Å². The number of amides is 1. The molecule has 0 saturated carbocycles. The van der Waals surface area contributed by atoms with Gasteiger partial charge in [0.1, 0.15) is 11.6 Å². The molecule has 0 spiro atoms. The van der Waals surface area contributed by atoms with E-state index in [4.69, 9.17) is 11.6 Å². The van der Waals surface area contributed by atoms with Crippen molar-refractivity contribution in [2.24, 2.45) is 0 Å². The molecule has 0 aliphatic heterocycles. The summed E-state index contributed by atoms with van der Waals surface area (Å²) in [4.78, 5) is 12.1. The Morgan fingerprint density at radius 2 is 1.74 bits per heavy atom. The molecule has 0 saturated heterocycles. The van der Waals surface area contributed by atoms with Crippen molar-refractivity contribution in [2.75, 3.05) is 5.32 Å². The lowest BCUT2D eigenvalue weighted by molar-refractivity contribution is -0.117. The van der Waals surface area contributed by atoms with Crippen LogP contribution in [0.5, 0.6) is 0 Å². The molecule has 2 aromatic rings. The molecule has 0 heterocycles. The second-order valence-electron chi connectivity index (χ2n) is 5.27. The number of hydrogen-bond acceptors (Lipinski definition) is 2. The third-order valence-electron chi connectivity index (χ3n) is 3.43. The van der Waals surface area contributed by atoms with Gasteiger partial charge in [-0.05, 0) is 44.2 Å². The zero-order chi connectivity index (χ0) is 17.0. The Hall–Kier alpha value is -1.98. The monoisotopic (exact) mass is 338 g/mol. The van der Waals surface area contributed by atoms with Crippen molar-refractivity contribution in [3.05, 3.63) is 64.7 Å². The minimum atomic E-state index is -0.643. The lowest BCUT2D eigenvalue weighted by Gasteiger charge is -2.20. The molecule has 0 fully saturated rings. The Morgan fingerprint density at radius 1 is 1.09 bits per heavy atom. The van der Waals surface area contributed by atoms with E-state index in [2.05, 4.69) is 10.6 Å². The van der Waals surface area contributed by atoms with Crippen LogP contribution >= 0.6 is 11.6 Å². The molecule has 2 aromatic carbocycles. The van der Waals surface area contributed by atoms with Gasteiger partial charge in [0.15, 0.2) is 0 Å². The second-order valence-corrected chi connectivity index (χ2v) is 5.71. The van der Waals surface area contributed by atoms with Crippen LogP contribution in [0.3, 0.4) is 0 Å². The van der Waals surface area contributed by atoms with Crippen LogP contribution in [0.25, 0.3) is 0 Å². The van der Waals surface area contributed by atoms with Gasteiger partial charge in [-0.1, -0.05) is 17.7 Å². The molecule has 0 radical (unpaired) electrons. The van der Waals surface area contributed by atoms with E-state index in [1.165, 1.54) is 12.1 Å². The Bertz CT molecular complexity index is 691. The van der Waals surface area contributed by atoms with E-state index >= 15 is 0 Å². The van der Waals surface area contributed by atoms with Gasteiger partial charge in [-0.25, -0.2) is 8.78 Å². The number of carbonyl (C=O) groups is 1. The van der Waals surface area contributed by atoms with Gasteiger partial charge >= 0.3 is 0 Å². The summed E-state index contributed by atoms with van der Waals surface area (Å²) in [5.41, 5.74) is 0.922. The van der Waals surface area contributed by atoms with Crippen molar-refractivity contribution < 1.29 is 13.6 Å². The van der Waals surface area contributed by atoms with Crippen LogP contribution in [-0.4, -0.2) is 11.9 Å². The second kappa shape index (κ2) is 7.53. The fourth-order valence-corrected chi connectivity index (χ4v) is 2.30. The van der Waals surface area contributed by atoms with Crippen molar-refractivity contribution in [3.63, 3.8) is 0 Å². The summed E-state index contributed by atoms with van der Waals surface area (Å²) in [5, 5.41) is 6.30. The third kappa shape index (κ3) is 4.74. The zero-order valence-corrected chi connectivity index (χ0v) is 13.5. The van der Waals surface area contributed by atoms with Gasteiger partial charge in [-0.3, -0.25) is 10.1 Å². The van der Waals surface area contributed by atoms with Crippen LogP contribution in [0.15, 0.2) is 42.5 Å². The molecule has 23 heavy (non-hydrogen) atoms. The lowest BCUT2D eigenvalue weighted by Crippen LogP contribution is -2.39. The minimum absolute atomic E-state index is 0.262. The number of benzene rings is 2. The van der Waals surface area contributed by atoms with Gasteiger partial charge in [0, 0.05) is 28.4 Å². The minimum Gasteiger partial charge on any atom is -0.325 e. The summed E-state index contributed by atoms with van der Waals surface area (Å²) in [6.07, 6.45) is 0. The largest absolute Gasteiger partial charge is 0.325 e. The van der Waals surface area contributed by atoms with Crippen molar-refractivity contribution >= 4 is 23.2 Å². The Kier molecular flexibility index (Phi) is 5.69. The first kappa shape index (κ1) is 17.4. The third-order valence-corrected chi connectivity index (χ3v) is 3.69. The summed E-state index contributed by atoms with van der Waals surface area (Å²) in [6, 6.07) is 9.10. The van der Waals surface area contributed by atoms with Crippen molar-refractivity contribution in [2.45, 2.75) is 25.9 Å². The maximum Gasteiger partial charge on any atom is 0.241 e. The van der Waals surface area contributed by atoms with Crippen molar-refractivity contribution in [1.82, 2.24) is 5.32 Å². The average Bonchev–Trinajstić information content (AvgIpc) is 2.49. The molecule has 1 amide bonds. The molecular formula is C17H17ClF2N2O. The van der Waals surface area contributed by atoms with E-state index in [0.29, 0.717) is 16.3 Å². The Morgan fingerprint density at radius 3 is 2.35 bits per heavy atom. The summed E-state index contributed by atoms with van der Waals surface area (Å²) >= 11 is 5.79. The zero-order valence-electron chi connectivity index (χ0n) is 12.7. The highest BCUT2D eigenvalue weighted by Gasteiger charge is 2.18. The molecule has 2 rings (SSSR count). The molecule has 122 valence electrons. The van der Waals surface area contributed by atoms with Gasteiger partial charge in [0.25, 0.3) is 0 Å².